The van der Waals surface area contributed by atoms with Gasteiger partial charge in [-0.25, -0.2) is 4.68 Å². The minimum absolute atomic E-state index is 0.00563. The first kappa shape index (κ1) is 50.0. The third-order valence-electron chi connectivity index (χ3n) is 8.53. The summed E-state index contributed by atoms with van der Waals surface area (Å²) in [5.41, 5.74) is -3.11. The molecule has 64 heavy (non-hydrogen) atoms. The second-order valence-electron chi connectivity index (χ2n) is 13.8. The number of nitrogens with zero attached hydrogens (tertiary/aromatic N) is 4. The molecule has 4 rings (SSSR count). The number of aromatic nitrogens is 2. The largest absolute Gasteiger partial charge is 0.463 e. The number of alkyl halides is 3. The molecular formula is C38H43F3N4O19. The van der Waals surface area contributed by atoms with E-state index in [1.807, 2.05) is 0 Å². The molecule has 3 heterocycles. The van der Waals surface area contributed by atoms with E-state index in [1.54, 1.807) is 6.07 Å². The van der Waals surface area contributed by atoms with Crippen molar-refractivity contribution in [3.63, 3.8) is 0 Å². The molecule has 0 unspecified atom stereocenters. The summed E-state index contributed by atoms with van der Waals surface area (Å²) < 4.78 is 107. The van der Waals surface area contributed by atoms with Crippen LogP contribution < -0.4 is 4.74 Å². The van der Waals surface area contributed by atoms with Gasteiger partial charge in [0.15, 0.2) is 48.1 Å². The number of halogens is 3. The Bertz CT molecular complexity index is 2100. The zero-order chi connectivity index (χ0) is 47.6. The van der Waals surface area contributed by atoms with Crippen molar-refractivity contribution in [1.29, 1.82) is 0 Å². The molecule has 0 radical (unpaired) electrons. The van der Waals surface area contributed by atoms with Crippen molar-refractivity contribution < 1.29 is 104 Å². The summed E-state index contributed by atoms with van der Waals surface area (Å²) in [5, 5.41) is 11.7. The Morgan fingerprint density at radius 2 is 1.00 bits per heavy atom. The molecule has 0 spiro atoms. The molecule has 2 aromatic rings. The Balaban J connectivity index is 2.06. The number of carbonyl (C=O) groups is 8. The van der Waals surface area contributed by atoms with Crippen LogP contribution in [0.25, 0.3) is 0 Å². The molecule has 2 fully saturated rings. The SMILES string of the molecule is CC(=O)OC[C@H]1O[C@@H](n2nc(O[C@@H]3O[C@H](COC(C)=O)[C@@H](OC(C)=O)[C@H](OC(C)=O)[C@H]3OC(C)=O)c(N=Nc3ccccc3)c2C(F)(F)F)[C@H](OC(C)=O)[C@@H](OC(C)=O)[C@@H]1OC(C)=O. The molecule has 23 nitrogen and oxygen atoms in total. The standard InChI is InChI=1S/C38H43F3N4O19/c1-16(46)54-14-25-28(56-18(3)48)30(58-20(5)50)32(60-22(7)52)36(62-25)45-34(38(39,40)41)27(43-42-24-12-10-9-11-13-24)35(44-45)64-37-33(61-23(8)53)31(59-21(6)51)29(57-19(4)49)26(63-37)15-55-17(2)47/h9-13,25-26,28-33,36-37H,14-15H2,1-8H3/t25-,26-,28-,29-,30+,31+,32-,33-,36-,37+/m1/s1. The highest BCUT2D eigenvalue weighted by Crippen LogP contribution is 2.47. The summed E-state index contributed by atoms with van der Waals surface area (Å²) in [6.45, 7) is 5.82. The van der Waals surface area contributed by atoms with Crippen LogP contribution in [-0.4, -0.2) is 126 Å². The maximum atomic E-state index is 15.7. The first-order valence-electron chi connectivity index (χ1n) is 18.9. The Morgan fingerprint density at radius 1 is 0.578 bits per heavy atom. The normalized spacial score (nSPS) is 25.5. The molecule has 0 bridgehead atoms. The Hall–Kier alpha value is -6.70. The molecule has 1 aromatic carbocycles. The quantitative estimate of drug-likeness (QED) is 0.141. The van der Waals surface area contributed by atoms with Crippen LogP contribution in [0.5, 0.6) is 5.88 Å². The number of carbonyl (C=O) groups excluding carboxylic acids is 8. The van der Waals surface area contributed by atoms with E-state index in [4.69, 9.17) is 52.1 Å². The van der Waals surface area contributed by atoms with E-state index in [9.17, 15) is 38.4 Å². The van der Waals surface area contributed by atoms with E-state index in [1.165, 1.54) is 24.3 Å². The summed E-state index contributed by atoms with van der Waals surface area (Å²) in [5.74, 6) is -9.39. The monoisotopic (exact) mass is 916 g/mol. The number of hydrogen-bond donors (Lipinski definition) is 0. The molecule has 0 N–H and O–H groups in total. The zero-order valence-electron chi connectivity index (χ0n) is 35.3. The molecule has 0 saturated carbocycles. The predicted octanol–water partition coefficient (Wildman–Crippen LogP) is 3.03. The van der Waals surface area contributed by atoms with Gasteiger partial charge < -0.3 is 52.1 Å². The van der Waals surface area contributed by atoms with Crippen molar-refractivity contribution in [3.8, 4) is 5.88 Å². The summed E-state index contributed by atoms with van der Waals surface area (Å²) in [4.78, 5) is 98.5. The van der Waals surface area contributed by atoms with Gasteiger partial charge in [0, 0.05) is 55.4 Å². The zero-order valence-corrected chi connectivity index (χ0v) is 35.3. The lowest BCUT2D eigenvalue weighted by atomic mass is 9.97. The topological polar surface area (TPSA) is 281 Å². The predicted molar refractivity (Wildman–Crippen MR) is 198 cm³/mol. The second-order valence-corrected chi connectivity index (χ2v) is 13.8. The lowest BCUT2D eigenvalue weighted by Crippen LogP contribution is -2.63. The van der Waals surface area contributed by atoms with Gasteiger partial charge in [0.25, 0.3) is 5.88 Å². The average molecular weight is 917 g/mol. The summed E-state index contributed by atoms with van der Waals surface area (Å²) >= 11 is 0. The van der Waals surface area contributed by atoms with Gasteiger partial charge in [0.05, 0.1) is 5.69 Å². The molecule has 350 valence electrons. The fourth-order valence-electron chi connectivity index (χ4n) is 6.42. The molecular weight excluding hydrogens is 873 g/mol. The first-order chi connectivity index (χ1) is 30.0. The van der Waals surface area contributed by atoms with E-state index in [0.29, 0.717) is 0 Å². The third kappa shape index (κ3) is 13.4. The Labute approximate surface area is 360 Å². The van der Waals surface area contributed by atoms with Crippen LogP contribution in [0.3, 0.4) is 0 Å². The number of benzene rings is 1. The van der Waals surface area contributed by atoms with Crippen LogP contribution in [0, 0.1) is 0 Å². The van der Waals surface area contributed by atoms with Gasteiger partial charge in [-0.05, 0) is 12.1 Å². The van der Waals surface area contributed by atoms with Gasteiger partial charge >= 0.3 is 53.9 Å². The van der Waals surface area contributed by atoms with E-state index >= 15 is 13.2 Å². The molecule has 10 atom stereocenters. The van der Waals surface area contributed by atoms with Crippen LogP contribution >= 0.6 is 0 Å². The van der Waals surface area contributed by atoms with Gasteiger partial charge in [-0.2, -0.15) is 18.3 Å². The summed E-state index contributed by atoms with van der Waals surface area (Å²) in [7, 11) is 0. The summed E-state index contributed by atoms with van der Waals surface area (Å²) in [6.07, 6.45) is -25.0. The van der Waals surface area contributed by atoms with Crippen LogP contribution in [0.15, 0.2) is 40.6 Å². The van der Waals surface area contributed by atoms with Gasteiger partial charge in [-0.1, -0.05) is 18.2 Å². The van der Waals surface area contributed by atoms with Crippen LogP contribution in [0.4, 0.5) is 24.5 Å². The number of esters is 8. The van der Waals surface area contributed by atoms with Crippen molar-refractivity contribution in [2.75, 3.05) is 13.2 Å². The van der Waals surface area contributed by atoms with Gasteiger partial charge in [-0.3, -0.25) is 38.4 Å². The molecule has 0 aliphatic carbocycles. The number of ether oxygens (including phenoxy) is 11. The molecule has 26 heteroatoms. The number of azo groups is 1. The Kier molecular flexibility index (Phi) is 16.9. The highest BCUT2D eigenvalue weighted by atomic mass is 19.4. The lowest BCUT2D eigenvalue weighted by Gasteiger charge is -2.44. The van der Waals surface area contributed by atoms with E-state index in [2.05, 4.69) is 15.3 Å². The molecule has 0 amide bonds. The minimum Gasteiger partial charge on any atom is -0.463 e. The highest BCUT2D eigenvalue weighted by Gasteiger charge is 2.57. The van der Waals surface area contributed by atoms with Crippen LogP contribution in [0.2, 0.25) is 0 Å². The number of hydrogen-bond acceptors (Lipinski definition) is 22. The maximum absolute atomic E-state index is 15.7. The maximum Gasteiger partial charge on any atom is 0.435 e. The smallest absolute Gasteiger partial charge is 0.435 e. The van der Waals surface area contributed by atoms with E-state index in [0.717, 1.165) is 55.4 Å². The molecule has 2 saturated heterocycles. The van der Waals surface area contributed by atoms with Crippen molar-refractivity contribution in [3.05, 3.63) is 36.0 Å². The summed E-state index contributed by atoms with van der Waals surface area (Å²) in [6, 6.07) is 7.26. The Morgan fingerprint density at radius 3 is 1.45 bits per heavy atom. The fourth-order valence-corrected chi connectivity index (χ4v) is 6.42. The highest BCUT2D eigenvalue weighted by molar-refractivity contribution is 5.70. The lowest BCUT2D eigenvalue weighted by molar-refractivity contribution is -0.289. The molecule has 1 aromatic heterocycles. The molecule has 2 aliphatic rings. The molecule has 2 aliphatic heterocycles. The van der Waals surface area contributed by atoms with E-state index < -0.39 is 146 Å². The van der Waals surface area contributed by atoms with Gasteiger partial charge in [0.1, 0.15) is 25.4 Å². The van der Waals surface area contributed by atoms with Gasteiger partial charge in [0.2, 0.25) is 12.4 Å². The van der Waals surface area contributed by atoms with Crippen molar-refractivity contribution >= 4 is 59.1 Å². The number of rotatable bonds is 15. The van der Waals surface area contributed by atoms with Crippen molar-refractivity contribution in [1.82, 2.24) is 9.78 Å². The average Bonchev–Trinajstić information content (AvgIpc) is 3.54. The second kappa shape index (κ2) is 21.6. The van der Waals surface area contributed by atoms with Crippen molar-refractivity contribution in [2.24, 2.45) is 10.2 Å². The van der Waals surface area contributed by atoms with Crippen molar-refractivity contribution in [2.45, 2.75) is 123 Å². The van der Waals surface area contributed by atoms with E-state index in [-0.39, 0.29) is 10.4 Å². The third-order valence-corrected chi connectivity index (χ3v) is 8.53. The van der Waals surface area contributed by atoms with Crippen LogP contribution in [0.1, 0.15) is 67.3 Å². The van der Waals surface area contributed by atoms with Gasteiger partial charge in [-0.15, -0.1) is 10.2 Å². The fraction of sp³-hybridized carbons (Fsp3) is 0.553. The first-order valence-corrected chi connectivity index (χ1v) is 18.9. The minimum atomic E-state index is -5.54. The van der Waals surface area contributed by atoms with Crippen LogP contribution in [-0.2, 0) is 91.9 Å².